The number of hydrogen-bond acceptors (Lipinski definition) is 2. The molecule has 0 aromatic carbocycles. The third kappa shape index (κ3) is 2.28. The molecule has 0 aromatic heterocycles. The zero-order valence-corrected chi connectivity index (χ0v) is 8.91. The molecule has 0 saturated heterocycles. The minimum absolute atomic E-state index is 0.107. The van der Waals surface area contributed by atoms with Gasteiger partial charge in [0.1, 0.15) is 0 Å². The van der Waals surface area contributed by atoms with Gasteiger partial charge in [0.05, 0.1) is 13.1 Å². The second-order valence-electron chi connectivity index (χ2n) is 3.07. The van der Waals surface area contributed by atoms with Gasteiger partial charge in [0, 0.05) is 13.6 Å². The quantitative estimate of drug-likeness (QED) is 0.487. The summed E-state index contributed by atoms with van der Waals surface area (Å²) in [5.41, 5.74) is 0. The summed E-state index contributed by atoms with van der Waals surface area (Å²) in [5, 5.41) is 0. The van der Waals surface area contributed by atoms with E-state index in [0.29, 0.717) is 19.6 Å². The Kier molecular flexibility index (Phi) is 4.62. The van der Waals surface area contributed by atoms with Crippen molar-refractivity contribution in [2.45, 2.75) is 20.8 Å². The molecule has 0 aliphatic heterocycles. The third-order valence-corrected chi connectivity index (χ3v) is 2.51. The van der Waals surface area contributed by atoms with Crippen molar-refractivity contribution in [3.63, 3.8) is 0 Å². The van der Waals surface area contributed by atoms with Crippen molar-refractivity contribution in [2.75, 3.05) is 26.7 Å². The minimum Gasteiger partial charge on any atom is -0.295 e. The van der Waals surface area contributed by atoms with Crippen LogP contribution in [0.25, 0.3) is 0 Å². The smallest absolute Gasteiger partial charge is 0.295 e. The van der Waals surface area contributed by atoms with E-state index >= 15 is 0 Å². The summed E-state index contributed by atoms with van der Waals surface area (Å²) in [6.45, 7) is 7.25. The number of imide groups is 1. The number of carbonyl (C=O) groups is 2. The zero-order valence-electron chi connectivity index (χ0n) is 8.91. The van der Waals surface area contributed by atoms with E-state index in [1.807, 2.05) is 20.8 Å². The van der Waals surface area contributed by atoms with Crippen LogP contribution in [0.4, 0.5) is 4.79 Å². The molecule has 0 saturated carbocycles. The van der Waals surface area contributed by atoms with E-state index in [0.717, 1.165) is 6.41 Å². The van der Waals surface area contributed by atoms with Crippen LogP contribution in [0.1, 0.15) is 20.8 Å². The van der Waals surface area contributed by atoms with Gasteiger partial charge in [0.2, 0.25) is 0 Å². The molecule has 3 amide bonds. The van der Waals surface area contributed by atoms with Gasteiger partial charge in [0.15, 0.2) is 0 Å². The molecule has 0 atom stereocenters. The van der Waals surface area contributed by atoms with Crippen molar-refractivity contribution in [1.29, 1.82) is 0 Å². The first-order chi connectivity index (χ1) is 6.07. The van der Waals surface area contributed by atoms with Gasteiger partial charge in [-0.2, -0.15) is 4.48 Å². The molecule has 0 N–H and O–H groups in total. The molecular weight excluding hydrogens is 168 g/mol. The lowest BCUT2D eigenvalue weighted by Crippen LogP contribution is -2.56. The van der Waals surface area contributed by atoms with E-state index < -0.39 is 0 Å². The Balaban J connectivity index is 4.73. The number of rotatable bonds is 4. The van der Waals surface area contributed by atoms with Gasteiger partial charge in [-0.05, 0) is 20.8 Å². The lowest BCUT2D eigenvalue weighted by molar-refractivity contribution is -0.763. The van der Waals surface area contributed by atoms with Crippen LogP contribution in [0.5, 0.6) is 0 Å². The molecule has 0 aliphatic rings. The lowest BCUT2D eigenvalue weighted by Gasteiger charge is -2.29. The average Bonchev–Trinajstić information content (AvgIpc) is 2.20. The highest BCUT2D eigenvalue weighted by Crippen LogP contribution is 2.07. The Morgan fingerprint density at radius 2 is 1.77 bits per heavy atom. The van der Waals surface area contributed by atoms with Crippen molar-refractivity contribution >= 4 is 12.4 Å². The molecular formula is C9H19N2O2+. The van der Waals surface area contributed by atoms with Gasteiger partial charge < -0.3 is 0 Å². The van der Waals surface area contributed by atoms with Crippen molar-refractivity contribution < 1.29 is 14.1 Å². The van der Waals surface area contributed by atoms with Crippen molar-refractivity contribution in [1.82, 2.24) is 4.90 Å². The summed E-state index contributed by atoms with van der Waals surface area (Å²) >= 11 is 0. The summed E-state index contributed by atoms with van der Waals surface area (Å²) in [4.78, 5) is 24.2. The number of nitrogens with zero attached hydrogens (tertiary/aromatic N) is 2. The molecule has 0 unspecified atom stereocenters. The van der Waals surface area contributed by atoms with E-state index in [4.69, 9.17) is 0 Å². The molecule has 4 heteroatoms. The molecule has 0 heterocycles. The zero-order chi connectivity index (χ0) is 10.5. The van der Waals surface area contributed by atoms with Crippen LogP contribution in [0.3, 0.4) is 0 Å². The van der Waals surface area contributed by atoms with E-state index in [-0.39, 0.29) is 10.5 Å². The van der Waals surface area contributed by atoms with Gasteiger partial charge in [-0.15, -0.1) is 0 Å². The van der Waals surface area contributed by atoms with Crippen LogP contribution >= 0.6 is 0 Å². The standard InChI is InChI=1S/C9H19N2O2/c1-5-10(4)9(13)11(6-2,7-3)8-12/h8H,5-7H2,1-4H3/q+1. The monoisotopic (exact) mass is 187 g/mol. The van der Waals surface area contributed by atoms with E-state index in [2.05, 4.69) is 0 Å². The number of urea groups is 1. The highest BCUT2D eigenvalue weighted by Gasteiger charge is 2.35. The molecule has 0 bridgehead atoms. The summed E-state index contributed by atoms with van der Waals surface area (Å²) in [5.74, 6) is 0. The predicted molar refractivity (Wildman–Crippen MR) is 51.1 cm³/mol. The summed E-state index contributed by atoms with van der Waals surface area (Å²) in [6, 6.07) is -0.123. The second-order valence-corrected chi connectivity index (χ2v) is 3.07. The van der Waals surface area contributed by atoms with E-state index in [1.54, 1.807) is 11.9 Å². The normalized spacial score (nSPS) is 11.1. The van der Waals surface area contributed by atoms with Gasteiger partial charge in [-0.25, -0.2) is 9.59 Å². The largest absolute Gasteiger partial charge is 0.426 e. The van der Waals surface area contributed by atoms with E-state index in [9.17, 15) is 9.59 Å². The molecule has 0 aliphatic carbocycles. The van der Waals surface area contributed by atoms with Crippen molar-refractivity contribution in [3.05, 3.63) is 0 Å². The second kappa shape index (κ2) is 4.97. The number of quaternary nitrogens is 1. The van der Waals surface area contributed by atoms with Crippen LogP contribution in [0.2, 0.25) is 0 Å². The number of hydrogen-bond donors (Lipinski definition) is 0. The summed E-state index contributed by atoms with van der Waals surface area (Å²) < 4.78 is -0.107. The van der Waals surface area contributed by atoms with Gasteiger partial charge in [-0.3, -0.25) is 4.90 Å². The maximum absolute atomic E-state index is 11.8. The maximum atomic E-state index is 11.8. The first-order valence-electron chi connectivity index (χ1n) is 4.66. The minimum atomic E-state index is -0.123. The van der Waals surface area contributed by atoms with Gasteiger partial charge >= 0.3 is 12.4 Å². The van der Waals surface area contributed by atoms with Crippen LogP contribution in [0.15, 0.2) is 0 Å². The average molecular weight is 187 g/mol. The molecule has 0 rings (SSSR count). The lowest BCUT2D eigenvalue weighted by atomic mass is 10.4. The van der Waals surface area contributed by atoms with Crippen molar-refractivity contribution in [2.24, 2.45) is 0 Å². The van der Waals surface area contributed by atoms with Gasteiger partial charge in [0.25, 0.3) is 0 Å². The van der Waals surface area contributed by atoms with Crippen molar-refractivity contribution in [3.8, 4) is 0 Å². The van der Waals surface area contributed by atoms with Crippen LogP contribution in [-0.2, 0) is 4.79 Å². The molecule has 76 valence electrons. The SMILES string of the molecule is CCN(C)C(=O)[N+](C=O)(CC)CC. The molecule has 0 spiro atoms. The highest BCUT2D eigenvalue weighted by atomic mass is 16.2. The Bertz CT molecular complexity index is 188. The Hall–Kier alpha value is -0.900. The molecule has 4 nitrogen and oxygen atoms in total. The Labute approximate surface area is 79.7 Å². The fourth-order valence-corrected chi connectivity index (χ4v) is 1.16. The van der Waals surface area contributed by atoms with E-state index in [1.165, 1.54) is 0 Å². The number of carbonyl (C=O) groups excluding carboxylic acids is 2. The number of amides is 3. The van der Waals surface area contributed by atoms with Crippen LogP contribution in [0, 0.1) is 0 Å². The Morgan fingerprint density at radius 1 is 1.31 bits per heavy atom. The molecule has 0 fully saturated rings. The fourth-order valence-electron chi connectivity index (χ4n) is 1.16. The maximum Gasteiger partial charge on any atom is 0.426 e. The third-order valence-electron chi connectivity index (χ3n) is 2.51. The molecule has 13 heavy (non-hydrogen) atoms. The fraction of sp³-hybridized carbons (Fsp3) is 0.778. The first kappa shape index (κ1) is 12.1. The molecule has 0 radical (unpaired) electrons. The van der Waals surface area contributed by atoms with Crippen LogP contribution < -0.4 is 0 Å². The first-order valence-corrected chi connectivity index (χ1v) is 4.66. The summed E-state index contributed by atoms with van der Waals surface area (Å²) in [6.07, 6.45) is 0.731. The molecule has 0 aromatic rings. The Morgan fingerprint density at radius 3 is 2.00 bits per heavy atom. The summed E-state index contributed by atoms with van der Waals surface area (Å²) in [7, 11) is 1.71. The van der Waals surface area contributed by atoms with Crippen LogP contribution in [-0.4, -0.2) is 48.5 Å². The highest BCUT2D eigenvalue weighted by molar-refractivity contribution is 5.73. The predicted octanol–water partition coefficient (Wildman–Crippen LogP) is 1.07. The topological polar surface area (TPSA) is 37.4 Å². The van der Waals surface area contributed by atoms with Gasteiger partial charge in [-0.1, -0.05) is 0 Å².